The van der Waals surface area contributed by atoms with Gasteiger partial charge in [0, 0.05) is 10.7 Å². The number of carboxylic acid groups (broad SMARTS) is 1. The Morgan fingerprint density at radius 3 is 2.69 bits per heavy atom. The highest BCUT2D eigenvalue weighted by Crippen LogP contribution is 2.11. The molecule has 0 heterocycles. The van der Waals surface area contributed by atoms with Crippen LogP contribution in [0.3, 0.4) is 0 Å². The number of nitrogens with zero attached hydrogens (tertiary/aromatic N) is 1. The average Bonchev–Trinajstić information content (AvgIpc) is 2.16. The average molecular weight is 284 g/mol. The first kappa shape index (κ1) is 12.9. The normalized spacial score (nSPS) is 13.2. The first-order chi connectivity index (χ1) is 7.50. The van der Waals surface area contributed by atoms with Crippen LogP contribution in [0.25, 0.3) is 0 Å². The predicted molar refractivity (Wildman–Crippen MR) is 68.0 cm³/mol. The van der Waals surface area contributed by atoms with Crippen molar-refractivity contribution in [3.8, 4) is 0 Å². The molecule has 3 nitrogen and oxygen atoms in total. The highest BCUT2D eigenvalue weighted by atomic mass is 79.9. The van der Waals surface area contributed by atoms with Crippen LogP contribution >= 0.6 is 15.9 Å². The summed E-state index contributed by atoms with van der Waals surface area (Å²) in [5.74, 6) is -0.901. The van der Waals surface area contributed by atoms with E-state index in [1.165, 1.54) is 0 Å². The summed E-state index contributed by atoms with van der Waals surface area (Å²) in [5, 5.41) is 8.95. The van der Waals surface area contributed by atoms with Crippen molar-refractivity contribution in [1.82, 2.24) is 0 Å². The molecule has 0 bridgehead atoms. The molecule has 0 saturated carbocycles. The molecule has 0 aliphatic rings. The number of hydrogen-bond acceptors (Lipinski definition) is 2. The van der Waals surface area contributed by atoms with E-state index in [4.69, 9.17) is 5.11 Å². The van der Waals surface area contributed by atoms with Crippen LogP contribution in [0.2, 0.25) is 0 Å². The number of carbonyl (C=O) groups is 1. The molecule has 1 unspecified atom stereocenters. The maximum Gasteiger partial charge on any atom is 0.328 e. The van der Waals surface area contributed by atoms with Crippen molar-refractivity contribution in [2.45, 2.75) is 19.9 Å². The summed E-state index contributed by atoms with van der Waals surface area (Å²) < 4.78 is 0.952. The molecule has 0 spiro atoms. The number of carboxylic acids is 1. The molecule has 1 aromatic rings. The zero-order valence-corrected chi connectivity index (χ0v) is 10.8. The fourth-order valence-corrected chi connectivity index (χ4v) is 1.69. The zero-order valence-electron chi connectivity index (χ0n) is 9.22. The molecule has 0 saturated heterocycles. The Morgan fingerprint density at radius 2 is 2.19 bits per heavy atom. The molecule has 0 amide bonds. The third kappa shape index (κ3) is 3.77. The standard InChI is InChI=1S/C12H14BrNO2/c1-8(2)11(12(15)16)14-7-9-4-3-5-10(13)6-9/h3-8,11H,1-2H3,(H,15,16). The van der Waals surface area contributed by atoms with Gasteiger partial charge in [0.05, 0.1) is 0 Å². The maximum atomic E-state index is 10.9. The lowest BCUT2D eigenvalue weighted by Gasteiger charge is -2.10. The monoisotopic (exact) mass is 283 g/mol. The van der Waals surface area contributed by atoms with Gasteiger partial charge in [-0.3, -0.25) is 4.99 Å². The molecule has 1 aromatic carbocycles. The third-order valence-electron chi connectivity index (χ3n) is 2.12. The van der Waals surface area contributed by atoms with Crippen LogP contribution < -0.4 is 0 Å². The van der Waals surface area contributed by atoms with Crippen molar-refractivity contribution in [2.24, 2.45) is 10.9 Å². The van der Waals surface area contributed by atoms with Crippen molar-refractivity contribution in [3.63, 3.8) is 0 Å². The van der Waals surface area contributed by atoms with Gasteiger partial charge in [0.25, 0.3) is 0 Å². The summed E-state index contributed by atoms with van der Waals surface area (Å²) in [5.41, 5.74) is 0.890. The van der Waals surface area contributed by atoms with Crippen LogP contribution in [0.1, 0.15) is 19.4 Å². The molecule has 1 N–H and O–H groups in total. The molecule has 1 atom stereocenters. The van der Waals surface area contributed by atoms with Crippen molar-refractivity contribution >= 4 is 28.1 Å². The molecule has 4 heteroatoms. The van der Waals surface area contributed by atoms with Gasteiger partial charge in [-0.2, -0.15) is 0 Å². The van der Waals surface area contributed by atoms with Crippen LogP contribution in [-0.2, 0) is 4.79 Å². The number of halogens is 1. The van der Waals surface area contributed by atoms with Gasteiger partial charge in [-0.15, -0.1) is 0 Å². The Bertz CT molecular complexity index is 402. The molecule has 86 valence electrons. The van der Waals surface area contributed by atoms with Crippen LogP contribution in [0.15, 0.2) is 33.7 Å². The SMILES string of the molecule is CC(C)C(N=Cc1cccc(Br)c1)C(=O)O. The molecule has 0 fully saturated rings. The van der Waals surface area contributed by atoms with Crippen molar-refractivity contribution in [1.29, 1.82) is 0 Å². The van der Waals surface area contributed by atoms with Crippen LogP contribution in [0.5, 0.6) is 0 Å². The Kier molecular flexibility index (Phi) is 4.68. The lowest BCUT2D eigenvalue weighted by molar-refractivity contribution is -0.139. The lowest BCUT2D eigenvalue weighted by atomic mass is 10.1. The fourth-order valence-electron chi connectivity index (χ4n) is 1.27. The number of rotatable bonds is 4. The minimum Gasteiger partial charge on any atom is -0.480 e. The van der Waals surface area contributed by atoms with Gasteiger partial charge in [0.1, 0.15) is 6.04 Å². The number of aliphatic imine (C=N–C) groups is 1. The topological polar surface area (TPSA) is 49.7 Å². The van der Waals surface area contributed by atoms with Crippen molar-refractivity contribution in [3.05, 3.63) is 34.3 Å². The van der Waals surface area contributed by atoms with Gasteiger partial charge in [-0.1, -0.05) is 41.9 Å². The third-order valence-corrected chi connectivity index (χ3v) is 2.61. The highest BCUT2D eigenvalue weighted by Gasteiger charge is 2.19. The van der Waals surface area contributed by atoms with Crippen molar-refractivity contribution < 1.29 is 9.90 Å². The summed E-state index contributed by atoms with van der Waals surface area (Å²) in [6.07, 6.45) is 1.60. The Labute approximate surface area is 103 Å². The summed E-state index contributed by atoms with van der Waals surface area (Å²) in [6, 6.07) is 6.89. The summed E-state index contributed by atoms with van der Waals surface area (Å²) in [7, 11) is 0. The van der Waals surface area contributed by atoms with Crippen LogP contribution in [-0.4, -0.2) is 23.3 Å². The van der Waals surface area contributed by atoms with Gasteiger partial charge in [-0.25, -0.2) is 4.79 Å². The second-order valence-corrected chi connectivity index (χ2v) is 4.78. The minimum absolute atomic E-state index is 0.0131. The Morgan fingerprint density at radius 1 is 1.50 bits per heavy atom. The molecule has 0 aliphatic carbocycles. The van der Waals surface area contributed by atoms with E-state index in [9.17, 15) is 4.79 Å². The van der Waals surface area contributed by atoms with Gasteiger partial charge in [0.2, 0.25) is 0 Å². The van der Waals surface area contributed by atoms with Crippen LogP contribution in [0, 0.1) is 5.92 Å². The van der Waals surface area contributed by atoms with E-state index in [1.807, 2.05) is 38.1 Å². The number of benzene rings is 1. The summed E-state index contributed by atoms with van der Waals surface area (Å²) in [4.78, 5) is 15.0. The summed E-state index contributed by atoms with van der Waals surface area (Å²) in [6.45, 7) is 3.69. The molecule has 1 rings (SSSR count). The molecule has 16 heavy (non-hydrogen) atoms. The Hall–Kier alpha value is -1.16. The van der Waals surface area contributed by atoms with E-state index in [1.54, 1.807) is 6.21 Å². The van der Waals surface area contributed by atoms with E-state index < -0.39 is 12.0 Å². The first-order valence-corrected chi connectivity index (χ1v) is 5.81. The first-order valence-electron chi connectivity index (χ1n) is 5.02. The largest absolute Gasteiger partial charge is 0.480 e. The van der Waals surface area contributed by atoms with E-state index in [2.05, 4.69) is 20.9 Å². The minimum atomic E-state index is -0.888. The van der Waals surface area contributed by atoms with Gasteiger partial charge in [-0.05, 0) is 23.6 Å². The zero-order chi connectivity index (χ0) is 12.1. The van der Waals surface area contributed by atoms with E-state index in [0.717, 1.165) is 10.0 Å². The Balaban J connectivity index is 2.82. The van der Waals surface area contributed by atoms with E-state index in [0.29, 0.717) is 0 Å². The fraction of sp³-hybridized carbons (Fsp3) is 0.333. The molecule has 0 aliphatic heterocycles. The highest BCUT2D eigenvalue weighted by molar-refractivity contribution is 9.10. The van der Waals surface area contributed by atoms with Gasteiger partial charge >= 0.3 is 5.97 Å². The molecule has 0 radical (unpaired) electrons. The number of aliphatic carboxylic acids is 1. The number of hydrogen-bond donors (Lipinski definition) is 1. The molecule has 0 aromatic heterocycles. The lowest BCUT2D eigenvalue weighted by Crippen LogP contribution is -2.24. The molecular formula is C12H14BrNO2. The quantitative estimate of drug-likeness (QED) is 0.864. The summed E-state index contributed by atoms with van der Waals surface area (Å²) >= 11 is 3.35. The van der Waals surface area contributed by atoms with E-state index >= 15 is 0 Å². The van der Waals surface area contributed by atoms with Crippen LogP contribution in [0.4, 0.5) is 0 Å². The van der Waals surface area contributed by atoms with Gasteiger partial charge < -0.3 is 5.11 Å². The predicted octanol–water partition coefficient (Wildman–Crippen LogP) is 2.98. The second kappa shape index (κ2) is 5.80. The second-order valence-electron chi connectivity index (χ2n) is 3.86. The van der Waals surface area contributed by atoms with Gasteiger partial charge in [0.15, 0.2) is 0 Å². The molecular weight excluding hydrogens is 270 g/mol. The van der Waals surface area contributed by atoms with Crippen molar-refractivity contribution in [2.75, 3.05) is 0 Å². The van der Waals surface area contributed by atoms with E-state index in [-0.39, 0.29) is 5.92 Å². The smallest absolute Gasteiger partial charge is 0.328 e. The maximum absolute atomic E-state index is 10.9.